The Kier molecular flexibility index (Phi) is 4.89. The van der Waals surface area contributed by atoms with Crippen molar-refractivity contribution >= 4 is 16.9 Å². The van der Waals surface area contributed by atoms with E-state index in [0.29, 0.717) is 12.5 Å². The van der Waals surface area contributed by atoms with Gasteiger partial charge in [-0.15, -0.1) is 0 Å². The van der Waals surface area contributed by atoms with Gasteiger partial charge in [0, 0.05) is 23.1 Å². The van der Waals surface area contributed by atoms with Crippen LogP contribution in [0.2, 0.25) is 0 Å². The predicted octanol–water partition coefficient (Wildman–Crippen LogP) is 4.07. The average molecular weight is 315 g/mol. The zero-order valence-corrected chi connectivity index (χ0v) is 13.9. The molecule has 124 valence electrons. The average Bonchev–Trinajstić information content (AvgIpc) is 2.97. The maximum Gasteiger partial charge on any atom is 0.224 e. The lowest BCUT2D eigenvalue weighted by molar-refractivity contribution is -0.121. The number of nitrogens with one attached hydrogen (secondary N) is 1. The van der Waals surface area contributed by atoms with Gasteiger partial charge in [-0.3, -0.25) is 4.79 Å². The van der Waals surface area contributed by atoms with Gasteiger partial charge < -0.3 is 14.5 Å². The molecule has 0 atom stereocenters. The Morgan fingerprint density at radius 2 is 2.09 bits per heavy atom. The topological polar surface area (TPSA) is 51.5 Å². The second-order valence-electron chi connectivity index (χ2n) is 6.49. The minimum Gasteiger partial charge on any atom is -0.497 e. The van der Waals surface area contributed by atoms with Crippen molar-refractivity contribution in [2.24, 2.45) is 5.92 Å². The summed E-state index contributed by atoms with van der Waals surface area (Å²) in [4.78, 5) is 12.3. The Morgan fingerprint density at radius 1 is 1.30 bits per heavy atom. The van der Waals surface area contributed by atoms with Gasteiger partial charge in [0.1, 0.15) is 11.3 Å². The zero-order chi connectivity index (χ0) is 16.2. The van der Waals surface area contributed by atoms with Crippen molar-refractivity contribution in [3.8, 4) is 5.75 Å². The lowest BCUT2D eigenvalue weighted by Gasteiger charge is -2.28. The van der Waals surface area contributed by atoms with Crippen LogP contribution in [-0.4, -0.2) is 19.1 Å². The van der Waals surface area contributed by atoms with Crippen LogP contribution in [0.25, 0.3) is 11.0 Å². The van der Waals surface area contributed by atoms with Crippen LogP contribution in [0, 0.1) is 5.92 Å². The predicted molar refractivity (Wildman–Crippen MR) is 90.6 cm³/mol. The summed E-state index contributed by atoms with van der Waals surface area (Å²) in [5, 5.41) is 4.17. The quantitative estimate of drug-likeness (QED) is 0.905. The zero-order valence-electron chi connectivity index (χ0n) is 13.9. The molecule has 0 saturated heterocycles. The lowest BCUT2D eigenvalue weighted by atomic mass is 9.84. The van der Waals surface area contributed by atoms with Gasteiger partial charge in [0.05, 0.1) is 19.8 Å². The van der Waals surface area contributed by atoms with Crippen molar-refractivity contribution in [2.45, 2.75) is 51.5 Å². The molecular formula is C19H25NO3. The standard InChI is InChI=1S/C19H25NO3/c1-3-13-4-6-15(7-5-13)20-19(21)10-14-12-23-18-11-16(22-2)8-9-17(14)18/h8-9,11-13,15H,3-7,10H2,1-2H3,(H,20,21). The molecule has 1 aromatic heterocycles. The number of amides is 1. The number of methoxy groups -OCH3 is 1. The Bertz CT molecular complexity index is 668. The van der Waals surface area contributed by atoms with Gasteiger partial charge in [-0.1, -0.05) is 13.3 Å². The molecule has 1 aromatic carbocycles. The summed E-state index contributed by atoms with van der Waals surface area (Å²) in [5.74, 6) is 1.69. The van der Waals surface area contributed by atoms with Crippen molar-refractivity contribution in [2.75, 3.05) is 7.11 Å². The first-order valence-corrected chi connectivity index (χ1v) is 8.53. The Morgan fingerprint density at radius 3 is 2.78 bits per heavy atom. The van der Waals surface area contributed by atoms with E-state index in [0.717, 1.165) is 41.0 Å². The number of carbonyl (C=O) groups excluding carboxylic acids is 1. The molecular weight excluding hydrogens is 290 g/mol. The van der Waals surface area contributed by atoms with Crippen LogP contribution in [0.1, 0.15) is 44.6 Å². The monoisotopic (exact) mass is 315 g/mol. The van der Waals surface area contributed by atoms with E-state index in [9.17, 15) is 4.79 Å². The molecule has 0 aliphatic heterocycles. The Hall–Kier alpha value is -1.97. The molecule has 1 heterocycles. The SMILES string of the molecule is CCC1CCC(NC(=O)Cc2coc3cc(OC)ccc23)CC1. The Balaban J connectivity index is 1.60. The summed E-state index contributed by atoms with van der Waals surface area (Å²) < 4.78 is 10.7. The molecule has 0 unspecified atom stereocenters. The van der Waals surface area contributed by atoms with Crippen LogP contribution in [-0.2, 0) is 11.2 Å². The largest absolute Gasteiger partial charge is 0.497 e. The fraction of sp³-hybridized carbons (Fsp3) is 0.526. The maximum absolute atomic E-state index is 12.3. The fourth-order valence-corrected chi connectivity index (χ4v) is 3.49. The fourth-order valence-electron chi connectivity index (χ4n) is 3.49. The molecule has 0 radical (unpaired) electrons. The normalized spacial score (nSPS) is 21.3. The highest BCUT2D eigenvalue weighted by atomic mass is 16.5. The number of furan rings is 1. The minimum absolute atomic E-state index is 0.0865. The molecule has 4 nitrogen and oxygen atoms in total. The number of hydrogen-bond donors (Lipinski definition) is 1. The number of hydrogen-bond acceptors (Lipinski definition) is 3. The smallest absolute Gasteiger partial charge is 0.224 e. The molecule has 1 aliphatic carbocycles. The van der Waals surface area contributed by atoms with Gasteiger partial charge >= 0.3 is 0 Å². The highest BCUT2D eigenvalue weighted by molar-refractivity contribution is 5.88. The third-order valence-corrected chi connectivity index (χ3v) is 5.00. The van der Waals surface area contributed by atoms with Gasteiger partial charge in [-0.2, -0.15) is 0 Å². The number of ether oxygens (including phenoxy) is 1. The van der Waals surface area contributed by atoms with Crippen LogP contribution in [0.5, 0.6) is 5.75 Å². The van der Waals surface area contributed by atoms with Crippen molar-refractivity contribution < 1.29 is 13.9 Å². The number of benzene rings is 1. The summed E-state index contributed by atoms with van der Waals surface area (Å²) >= 11 is 0. The summed E-state index contributed by atoms with van der Waals surface area (Å²) in [5.41, 5.74) is 1.69. The van der Waals surface area contributed by atoms with Gasteiger partial charge in [-0.05, 0) is 43.7 Å². The second-order valence-corrected chi connectivity index (χ2v) is 6.49. The van der Waals surface area contributed by atoms with E-state index in [1.165, 1.54) is 19.3 Å². The molecule has 2 aromatic rings. The van der Waals surface area contributed by atoms with Crippen molar-refractivity contribution in [1.29, 1.82) is 0 Å². The van der Waals surface area contributed by atoms with E-state index < -0.39 is 0 Å². The molecule has 1 fully saturated rings. The van der Waals surface area contributed by atoms with Crippen molar-refractivity contribution in [3.05, 3.63) is 30.0 Å². The van der Waals surface area contributed by atoms with E-state index >= 15 is 0 Å². The third-order valence-electron chi connectivity index (χ3n) is 5.00. The summed E-state index contributed by atoms with van der Waals surface area (Å²) in [7, 11) is 1.63. The molecule has 1 aliphatic rings. The van der Waals surface area contributed by atoms with Gasteiger partial charge in [0.25, 0.3) is 0 Å². The van der Waals surface area contributed by atoms with E-state index in [4.69, 9.17) is 9.15 Å². The Labute approximate surface area is 137 Å². The van der Waals surface area contributed by atoms with E-state index in [1.54, 1.807) is 13.4 Å². The first-order chi connectivity index (χ1) is 11.2. The minimum atomic E-state index is 0.0865. The molecule has 3 rings (SSSR count). The maximum atomic E-state index is 12.3. The van der Waals surface area contributed by atoms with Gasteiger partial charge in [0.2, 0.25) is 5.91 Å². The first kappa shape index (κ1) is 15.9. The third kappa shape index (κ3) is 3.69. The molecule has 4 heteroatoms. The van der Waals surface area contributed by atoms with Crippen LogP contribution in [0.4, 0.5) is 0 Å². The van der Waals surface area contributed by atoms with E-state index in [1.807, 2.05) is 18.2 Å². The molecule has 1 saturated carbocycles. The van der Waals surface area contributed by atoms with Gasteiger partial charge in [0.15, 0.2) is 0 Å². The molecule has 0 bridgehead atoms. The summed E-state index contributed by atoms with van der Waals surface area (Å²) in [6.45, 7) is 2.25. The molecule has 23 heavy (non-hydrogen) atoms. The highest BCUT2D eigenvalue weighted by Gasteiger charge is 2.21. The second kappa shape index (κ2) is 7.07. The van der Waals surface area contributed by atoms with Crippen LogP contribution in [0.15, 0.2) is 28.9 Å². The number of rotatable bonds is 5. The molecule has 1 N–H and O–H groups in total. The number of carbonyl (C=O) groups is 1. The van der Waals surface area contributed by atoms with Crippen LogP contribution >= 0.6 is 0 Å². The molecule has 0 spiro atoms. The van der Waals surface area contributed by atoms with Crippen LogP contribution < -0.4 is 10.1 Å². The lowest BCUT2D eigenvalue weighted by Crippen LogP contribution is -2.38. The van der Waals surface area contributed by atoms with E-state index in [2.05, 4.69) is 12.2 Å². The summed E-state index contributed by atoms with van der Waals surface area (Å²) in [6, 6.07) is 6.03. The molecule has 1 amide bonds. The van der Waals surface area contributed by atoms with E-state index in [-0.39, 0.29) is 5.91 Å². The van der Waals surface area contributed by atoms with Crippen molar-refractivity contribution in [3.63, 3.8) is 0 Å². The van der Waals surface area contributed by atoms with Gasteiger partial charge in [-0.25, -0.2) is 0 Å². The van der Waals surface area contributed by atoms with Crippen molar-refractivity contribution in [1.82, 2.24) is 5.32 Å². The van der Waals surface area contributed by atoms with Crippen LogP contribution in [0.3, 0.4) is 0 Å². The number of fused-ring (bicyclic) bond motifs is 1. The highest BCUT2D eigenvalue weighted by Crippen LogP contribution is 2.28. The summed E-state index contributed by atoms with van der Waals surface area (Å²) in [6.07, 6.45) is 7.97. The first-order valence-electron chi connectivity index (χ1n) is 8.53.